The highest BCUT2D eigenvalue weighted by Crippen LogP contribution is 2.30. The minimum absolute atomic E-state index is 0.0306. The van der Waals surface area contributed by atoms with Crippen LogP contribution >= 0.6 is 22.9 Å². The Kier molecular flexibility index (Phi) is 5.03. The lowest BCUT2D eigenvalue weighted by molar-refractivity contribution is -0.137. The van der Waals surface area contributed by atoms with Crippen LogP contribution in [-0.2, 0) is 12.7 Å². The van der Waals surface area contributed by atoms with Gasteiger partial charge in [-0.3, -0.25) is 9.36 Å². The van der Waals surface area contributed by atoms with Crippen LogP contribution in [0, 0.1) is 5.82 Å². The summed E-state index contributed by atoms with van der Waals surface area (Å²) in [5.41, 5.74) is -2.60. The first kappa shape index (κ1) is 20.4. The summed E-state index contributed by atoms with van der Waals surface area (Å²) < 4.78 is 55.6. The van der Waals surface area contributed by atoms with Gasteiger partial charge in [0.1, 0.15) is 10.5 Å². The molecule has 0 saturated heterocycles. The Morgan fingerprint density at radius 1 is 1.03 bits per heavy atom. The monoisotopic (exact) mass is 454 g/mol. The second-order valence-electron chi connectivity index (χ2n) is 6.39. The molecule has 30 heavy (non-hydrogen) atoms. The van der Waals surface area contributed by atoms with E-state index in [2.05, 4.69) is 0 Å². The van der Waals surface area contributed by atoms with E-state index in [0.717, 1.165) is 34.1 Å². The third-order valence-corrected chi connectivity index (χ3v) is 5.81. The molecule has 0 aliphatic carbocycles. The fourth-order valence-electron chi connectivity index (χ4n) is 3.13. The molecule has 0 aliphatic rings. The summed E-state index contributed by atoms with van der Waals surface area (Å²) in [5, 5.41) is 1.66. The molecule has 4 rings (SSSR count). The lowest BCUT2D eigenvalue weighted by Crippen LogP contribution is -2.39. The van der Waals surface area contributed by atoms with Crippen LogP contribution in [0.4, 0.5) is 17.6 Å². The van der Waals surface area contributed by atoms with E-state index in [1.165, 1.54) is 30.3 Å². The first-order valence-corrected chi connectivity index (χ1v) is 9.78. The van der Waals surface area contributed by atoms with E-state index in [9.17, 15) is 27.2 Å². The molecule has 0 spiro atoms. The molecule has 0 bridgehead atoms. The number of benzene rings is 2. The van der Waals surface area contributed by atoms with E-state index in [1.807, 2.05) is 0 Å². The van der Waals surface area contributed by atoms with Crippen molar-refractivity contribution in [3.8, 4) is 5.69 Å². The zero-order chi connectivity index (χ0) is 21.6. The van der Waals surface area contributed by atoms with Crippen molar-refractivity contribution in [3.05, 3.63) is 96.7 Å². The topological polar surface area (TPSA) is 44.0 Å². The van der Waals surface area contributed by atoms with Crippen molar-refractivity contribution in [2.24, 2.45) is 0 Å². The van der Waals surface area contributed by atoms with Gasteiger partial charge in [-0.15, -0.1) is 11.3 Å². The van der Waals surface area contributed by atoms with Gasteiger partial charge in [0, 0.05) is 10.6 Å². The Balaban J connectivity index is 2.00. The van der Waals surface area contributed by atoms with Crippen molar-refractivity contribution < 1.29 is 17.6 Å². The normalized spacial score (nSPS) is 11.9. The standard InChI is InChI=1S/C20H11ClF4N2O2S/c21-14-5-2-6-15(22)13(14)10-26-16-7-8-30-17(16)18(28)27(19(26)29)12-4-1-3-11(9-12)20(23,24)25/h1-9H,10H2. The van der Waals surface area contributed by atoms with Gasteiger partial charge in [-0.05, 0) is 41.8 Å². The van der Waals surface area contributed by atoms with Gasteiger partial charge in [0.25, 0.3) is 5.56 Å². The largest absolute Gasteiger partial charge is 0.416 e. The summed E-state index contributed by atoms with van der Waals surface area (Å²) in [7, 11) is 0. The summed E-state index contributed by atoms with van der Waals surface area (Å²) in [4.78, 5) is 26.1. The lowest BCUT2D eigenvalue weighted by atomic mass is 10.2. The van der Waals surface area contributed by atoms with Crippen LogP contribution in [0.1, 0.15) is 11.1 Å². The Morgan fingerprint density at radius 2 is 1.77 bits per heavy atom. The van der Waals surface area contributed by atoms with E-state index in [-0.39, 0.29) is 33.0 Å². The molecule has 4 aromatic rings. The minimum atomic E-state index is -4.65. The third-order valence-electron chi connectivity index (χ3n) is 4.56. The van der Waals surface area contributed by atoms with Crippen LogP contribution in [0.15, 0.2) is 63.5 Å². The Morgan fingerprint density at radius 3 is 2.47 bits per heavy atom. The summed E-state index contributed by atoms with van der Waals surface area (Å²) in [6.07, 6.45) is -4.65. The summed E-state index contributed by atoms with van der Waals surface area (Å²) in [6, 6.07) is 9.48. The quantitative estimate of drug-likeness (QED) is 0.405. The molecule has 0 unspecified atom stereocenters. The second-order valence-corrected chi connectivity index (χ2v) is 7.72. The molecular formula is C20H11ClF4N2O2S. The van der Waals surface area contributed by atoms with Crippen molar-refractivity contribution in [1.29, 1.82) is 0 Å². The number of rotatable bonds is 3. The van der Waals surface area contributed by atoms with Crippen LogP contribution in [0.3, 0.4) is 0 Å². The first-order valence-electron chi connectivity index (χ1n) is 8.52. The first-order chi connectivity index (χ1) is 14.2. The van der Waals surface area contributed by atoms with Crippen molar-refractivity contribution >= 4 is 33.2 Å². The Labute approximate surface area is 175 Å². The molecule has 0 atom stereocenters. The van der Waals surface area contributed by atoms with Crippen LogP contribution in [-0.4, -0.2) is 9.13 Å². The number of fused-ring (bicyclic) bond motifs is 1. The molecule has 0 radical (unpaired) electrons. The van der Waals surface area contributed by atoms with Crippen molar-refractivity contribution in [3.63, 3.8) is 0 Å². The van der Waals surface area contributed by atoms with Gasteiger partial charge < -0.3 is 0 Å². The number of halogens is 5. The number of hydrogen-bond acceptors (Lipinski definition) is 3. The van der Waals surface area contributed by atoms with Gasteiger partial charge >= 0.3 is 11.9 Å². The maximum absolute atomic E-state index is 14.3. The summed E-state index contributed by atoms with van der Waals surface area (Å²) in [6.45, 7) is -0.295. The van der Waals surface area contributed by atoms with E-state index < -0.39 is 28.8 Å². The van der Waals surface area contributed by atoms with E-state index in [1.54, 1.807) is 5.38 Å². The highest BCUT2D eigenvalue weighted by atomic mass is 35.5. The molecule has 2 aromatic carbocycles. The number of thiophene rings is 1. The summed E-state index contributed by atoms with van der Waals surface area (Å²) >= 11 is 7.10. The SMILES string of the molecule is O=c1c2sccc2n(Cc2c(F)cccc2Cl)c(=O)n1-c1cccc(C(F)(F)F)c1. The van der Waals surface area contributed by atoms with Gasteiger partial charge in [0.15, 0.2) is 0 Å². The van der Waals surface area contributed by atoms with E-state index in [0.29, 0.717) is 4.57 Å². The number of hydrogen-bond donors (Lipinski definition) is 0. The smallest absolute Gasteiger partial charge is 0.287 e. The van der Waals surface area contributed by atoms with Crippen LogP contribution in [0.5, 0.6) is 0 Å². The van der Waals surface area contributed by atoms with Crippen molar-refractivity contribution in [1.82, 2.24) is 9.13 Å². The van der Waals surface area contributed by atoms with Crippen LogP contribution in [0.25, 0.3) is 15.9 Å². The molecule has 0 N–H and O–H groups in total. The van der Waals surface area contributed by atoms with Gasteiger partial charge in [-0.1, -0.05) is 23.7 Å². The average molecular weight is 455 g/mol. The Bertz CT molecular complexity index is 1370. The molecule has 0 fully saturated rings. The molecule has 154 valence electrons. The number of aromatic nitrogens is 2. The fraction of sp³-hybridized carbons (Fsp3) is 0.100. The molecule has 2 heterocycles. The molecule has 4 nitrogen and oxygen atoms in total. The van der Waals surface area contributed by atoms with E-state index >= 15 is 0 Å². The van der Waals surface area contributed by atoms with Crippen molar-refractivity contribution in [2.75, 3.05) is 0 Å². The highest BCUT2D eigenvalue weighted by molar-refractivity contribution is 7.17. The van der Waals surface area contributed by atoms with Crippen LogP contribution < -0.4 is 11.2 Å². The third kappa shape index (κ3) is 3.44. The Hall–Kier alpha value is -2.91. The molecule has 0 saturated carbocycles. The molecular weight excluding hydrogens is 444 g/mol. The average Bonchev–Trinajstić information content (AvgIpc) is 3.17. The number of nitrogens with zero attached hydrogens (tertiary/aromatic N) is 2. The molecule has 10 heteroatoms. The van der Waals surface area contributed by atoms with E-state index in [4.69, 9.17) is 11.6 Å². The second kappa shape index (κ2) is 7.41. The molecule has 0 amide bonds. The predicted molar refractivity (Wildman–Crippen MR) is 107 cm³/mol. The van der Waals surface area contributed by atoms with Gasteiger partial charge in [0.05, 0.1) is 23.3 Å². The number of alkyl halides is 3. The highest BCUT2D eigenvalue weighted by Gasteiger charge is 2.31. The summed E-state index contributed by atoms with van der Waals surface area (Å²) in [5.74, 6) is -0.644. The van der Waals surface area contributed by atoms with Crippen LogP contribution in [0.2, 0.25) is 5.02 Å². The van der Waals surface area contributed by atoms with Gasteiger partial charge in [-0.2, -0.15) is 13.2 Å². The van der Waals surface area contributed by atoms with Crippen molar-refractivity contribution in [2.45, 2.75) is 12.7 Å². The maximum Gasteiger partial charge on any atom is 0.416 e. The molecule has 2 aromatic heterocycles. The predicted octanol–water partition coefficient (Wildman–Crippen LogP) is 5.07. The lowest BCUT2D eigenvalue weighted by Gasteiger charge is -2.14. The maximum atomic E-state index is 14.3. The van der Waals surface area contributed by atoms with Gasteiger partial charge in [-0.25, -0.2) is 13.8 Å². The molecule has 0 aliphatic heterocycles. The minimum Gasteiger partial charge on any atom is -0.287 e. The fourth-order valence-corrected chi connectivity index (χ4v) is 4.18. The van der Waals surface area contributed by atoms with Gasteiger partial charge in [0.2, 0.25) is 0 Å². The zero-order valence-electron chi connectivity index (χ0n) is 14.9. The zero-order valence-corrected chi connectivity index (χ0v) is 16.5.